The highest BCUT2D eigenvalue weighted by Crippen LogP contribution is 2.29. The standard InChI is InChI=1S/C16H17N5O2S/c1-3-11-9-14(21-15(19-11)17-10-18-21)24-13-7-5-12(6-8-13)20-16(22)23-4-2/h5-10H,3-4H2,1-2H3,(H,20,22). The molecule has 0 aliphatic rings. The van der Waals surface area contributed by atoms with Crippen LogP contribution in [0.2, 0.25) is 0 Å². The van der Waals surface area contributed by atoms with E-state index in [9.17, 15) is 4.79 Å². The highest BCUT2D eigenvalue weighted by Gasteiger charge is 2.09. The van der Waals surface area contributed by atoms with Crippen molar-refractivity contribution in [1.82, 2.24) is 19.6 Å². The second-order valence-electron chi connectivity index (χ2n) is 4.88. The van der Waals surface area contributed by atoms with Crippen LogP contribution in [0.4, 0.5) is 10.5 Å². The Labute approximate surface area is 143 Å². The molecule has 0 bridgehead atoms. The van der Waals surface area contributed by atoms with Gasteiger partial charge in [0.2, 0.25) is 0 Å². The molecule has 8 heteroatoms. The minimum atomic E-state index is -0.455. The van der Waals surface area contributed by atoms with E-state index in [0.29, 0.717) is 18.1 Å². The number of fused-ring (bicyclic) bond motifs is 1. The number of aromatic nitrogens is 4. The van der Waals surface area contributed by atoms with Gasteiger partial charge in [-0.1, -0.05) is 18.7 Å². The van der Waals surface area contributed by atoms with Crippen LogP contribution in [0.25, 0.3) is 5.78 Å². The maximum atomic E-state index is 11.4. The lowest BCUT2D eigenvalue weighted by atomic mass is 10.3. The van der Waals surface area contributed by atoms with Gasteiger partial charge in [0.25, 0.3) is 5.78 Å². The Morgan fingerprint density at radius 3 is 2.79 bits per heavy atom. The van der Waals surface area contributed by atoms with Gasteiger partial charge in [0, 0.05) is 16.3 Å². The molecule has 0 radical (unpaired) electrons. The highest BCUT2D eigenvalue weighted by atomic mass is 32.2. The Morgan fingerprint density at radius 2 is 2.08 bits per heavy atom. The van der Waals surface area contributed by atoms with Crippen molar-refractivity contribution >= 4 is 29.3 Å². The lowest BCUT2D eigenvalue weighted by Crippen LogP contribution is -2.12. The number of nitrogens with one attached hydrogen (secondary N) is 1. The van der Waals surface area contributed by atoms with Crippen LogP contribution in [0, 0.1) is 0 Å². The highest BCUT2D eigenvalue weighted by molar-refractivity contribution is 7.99. The average Bonchev–Trinajstić information content (AvgIpc) is 3.05. The number of carbonyl (C=O) groups is 1. The molecule has 0 saturated carbocycles. The Morgan fingerprint density at radius 1 is 1.29 bits per heavy atom. The summed E-state index contributed by atoms with van der Waals surface area (Å²) in [5, 5.41) is 7.83. The first kappa shape index (κ1) is 16.3. The molecule has 0 unspecified atom stereocenters. The second-order valence-corrected chi connectivity index (χ2v) is 5.98. The zero-order chi connectivity index (χ0) is 16.9. The number of rotatable bonds is 5. The minimum absolute atomic E-state index is 0.343. The number of hydrogen-bond acceptors (Lipinski definition) is 6. The van der Waals surface area contributed by atoms with E-state index in [4.69, 9.17) is 4.74 Å². The Hall–Kier alpha value is -2.61. The number of aryl methyl sites for hydroxylation is 1. The van der Waals surface area contributed by atoms with Crippen molar-refractivity contribution in [3.63, 3.8) is 0 Å². The van der Waals surface area contributed by atoms with Crippen LogP contribution >= 0.6 is 11.8 Å². The molecule has 7 nitrogen and oxygen atoms in total. The molecule has 1 N–H and O–H groups in total. The van der Waals surface area contributed by atoms with Crippen LogP contribution in [-0.2, 0) is 11.2 Å². The summed E-state index contributed by atoms with van der Waals surface area (Å²) >= 11 is 1.57. The number of benzene rings is 1. The van der Waals surface area contributed by atoms with E-state index in [0.717, 1.165) is 22.0 Å². The summed E-state index contributed by atoms with van der Waals surface area (Å²) in [6.45, 7) is 4.17. The van der Waals surface area contributed by atoms with Gasteiger partial charge >= 0.3 is 6.09 Å². The molecule has 24 heavy (non-hydrogen) atoms. The number of ether oxygens (including phenoxy) is 1. The van der Waals surface area contributed by atoms with E-state index < -0.39 is 6.09 Å². The van der Waals surface area contributed by atoms with Crippen molar-refractivity contribution in [2.75, 3.05) is 11.9 Å². The fourth-order valence-corrected chi connectivity index (χ4v) is 3.02. The number of carbonyl (C=O) groups excluding carboxylic acids is 1. The Bertz CT molecular complexity index is 847. The maximum absolute atomic E-state index is 11.4. The monoisotopic (exact) mass is 343 g/mol. The van der Waals surface area contributed by atoms with Crippen LogP contribution < -0.4 is 5.32 Å². The zero-order valence-electron chi connectivity index (χ0n) is 13.4. The summed E-state index contributed by atoms with van der Waals surface area (Å²) in [6, 6.07) is 9.54. The molecule has 0 fully saturated rings. The first-order valence-corrected chi connectivity index (χ1v) is 8.42. The quantitative estimate of drug-likeness (QED) is 0.715. The number of anilines is 1. The lowest BCUT2D eigenvalue weighted by Gasteiger charge is -2.08. The molecular weight excluding hydrogens is 326 g/mol. The SMILES string of the molecule is CCOC(=O)Nc1ccc(Sc2cc(CC)nc3ncnn23)cc1. The predicted molar refractivity (Wildman–Crippen MR) is 91.4 cm³/mol. The van der Waals surface area contributed by atoms with Crippen LogP contribution in [0.15, 0.2) is 46.6 Å². The van der Waals surface area contributed by atoms with Crippen LogP contribution in [0.1, 0.15) is 19.5 Å². The topological polar surface area (TPSA) is 81.4 Å². The van der Waals surface area contributed by atoms with Gasteiger partial charge in [-0.2, -0.15) is 14.6 Å². The van der Waals surface area contributed by atoms with Gasteiger partial charge in [-0.25, -0.2) is 9.78 Å². The van der Waals surface area contributed by atoms with E-state index in [1.165, 1.54) is 6.33 Å². The normalized spacial score (nSPS) is 10.8. The summed E-state index contributed by atoms with van der Waals surface area (Å²) in [6.07, 6.45) is 1.88. The minimum Gasteiger partial charge on any atom is -0.450 e. The Balaban J connectivity index is 1.79. The van der Waals surface area contributed by atoms with Crippen molar-refractivity contribution in [1.29, 1.82) is 0 Å². The summed E-state index contributed by atoms with van der Waals surface area (Å²) < 4.78 is 6.57. The molecule has 0 saturated heterocycles. The molecule has 0 atom stereocenters. The fourth-order valence-electron chi connectivity index (χ4n) is 2.10. The Kier molecular flexibility index (Phi) is 4.95. The number of nitrogens with zero attached hydrogens (tertiary/aromatic N) is 4. The molecular formula is C16H17N5O2S. The van der Waals surface area contributed by atoms with Crippen molar-refractivity contribution in [3.8, 4) is 0 Å². The fraction of sp³-hybridized carbons (Fsp3) is 0.250. The van der Waals surface area contributed by atoms with Crippen molar-refractivity contribution in [2.24, 2.45) is 0 Å². The van der Waals surface area contributed by atoms with E-state index in [1.807, 2.05) is 30.3 Å². The smallest absolute Gasteiger partial charge is 0.411 e. The molecule has 3 aromatic rings. The molecule has 3 rings (SSSR count). The van der Waals surface area contributed by atoms with Crippen molar-refractivity contribution < 1.29 is 9.53 Å². The van der Waals surface area contributed by atoms with Crippen molar-refractivity contribution in [3.05, 3.63) is 42.4 Å². The van der Waals surface area contributed by atoms with E-state index in [-0.39, 0.29) is 0 Å². The first-order valence-electron chi connectivity index (χ1n) is 7.61. The van der Waals surface area contributed by atoms with Gasteiger partial charge in [0.15, 0.2) is 0 Å². The molecule has 1 amide bonds. The van der Waals surface area contributed by atoms with Gasteiger partial charge in [-0.3, -0.25) is 5.32 Å². The average molecular weight is 343 g/mol. The summed E-state index contributed by atoms with van der Waals surface area (Å²) in [7, 11) is 0. The largest absolute Gasteiger partial charge is 0.450 e. The molecule has 2 aromatic heterocycles. The van der Waals surface area contributed by atoms with Gasteiger partial charge < -0.3 is 4.74 Å². The summed E-state index contributed by atoms with van der Waals surface area (Å²) in [5.74, 6) is 0.595. The predicted octanol–water partition coefficient (Wildman–Crippen LogP) is 3.41. The molecule has 0 spiro atoms. The summed E-state index contributed by atoms with van der Waals surface area (Å²) in [4.78, 5) is 21.0. The van der Waals surface area contributed by atoms with E-state index in [2.05, 4.69) is 27.3 Å². The number of hydrogen-bond donors (Lipinski definition) is 1. The molecule has 124 valence electrons. The van der Waals surface area contributed by atoms with Gasteiger partial charge in [-0.15, -0.1) is 0 Å². The van der Waals surface area contributed by atoms with Crippen molar-refractivity contribution in [2.45, 2.75) is 30.2 Å². The van der Waals surface area contributed by atoms with E-state index in [1.54, 1.807) is 23.2 Å². The third-order valence-electron chi connectivity index (χ3n) is 3.23. The maximum Gasteiger partial charge on any atom is 0.411 e. The summed E-state index contributed by atoms with van der Waals surface area (Å²) in [5.41, 5.74) is 1.66. The van der Waals surface area contributed by atoms with Gasteiger partial charge in [0.05, 0.1) is 6.61 Å². The molecule has 0 aliphatic heterocycles. The van der Waals surface area contributed by atoms with Crippen LogP contribution in [0.3, 0.4) is 0 Å². The third-order valence-corrected chi connectivity index (χ3v) is 4.24. The van der Waals surface area contributed by atoms with Crippen LogP contribution in [0.5, 0.6) is 0 Å². The van der Waals surface area contributed by atoms with E-state index >= 15 is 0 Å². The zero-order valence-corrected chi connectivity index (χ0v) is 14.2. The molecule has 2 heterocycles. The molecule has 1 aromatic carbocycles. The third kappa shape index (κ3) is 3.65. The number of amides is 1. The van der Waals surface area contributed by atoms with Gasteiger partial charge in [0.1, 0.15) is 11.4 Å². The van der Waals surface area contributed by atoms with Gasteiger partial charge in [-0.05, 0) is 43.7 Å². The lowest BCUT2D eigenvalue weighted by molar-refractivity contribution is 0.168. The first-order chi connectivity index (χ1) is 11.7. The second kappa shape index (κ2) is 7.31. The van der Waals surface area contributed by atoms with Crippen LogP contribution in [-0.4, -0.2) is 32.3 Å². The molecule has 0 aliphatic carbocycles.